The first kappa shape index (κ1) is 19.9. The van der Waals surface area contributed by atoms with Gasteiger partial charge >= 0.3 is 0 Å². The SMILES string of the molecule is COc1cc2c(cc1OC)C(C(=O)c1ccc3c(c1OC)C=CC(C)(C)O3)=CCO2. The summed E-state index contributed by atoms with van der Waals surface area (Å²) in [7, 11) is 4.67. The molecule has 0 aromatic heterocycles. The minimum absolute atomic E-state index is 0.162. The van der Waals surface area contributed by atoms with Gasteiger partial charge in [-0.2, -0.15) is 0 Å². The molecule has 0 amide bonds. The van der Waals surface area contributed by atoms with E-state index in [-0.39, 0.29) is 12.4 Å². The molecule has 2 aliphatic heterocycles. The maximum atomic E-state index is 13.6. The van der Waals surface area contributed by atoms with Gasteiger partial charge in [-0.3, -0.25) is 4.79 Å². The first-order valence-corrected chi connectivity index (χ1v) is 9.62. The average molecular weight is 408 g/mol. The molecule has 6 heteroatoms. The molecule has 0 aliphatic carbocycles. The fraction of sp³-hybridized carbons (Fsp3) is 0.292. The Morgan fingerprint density at radius 3 is 2.43 bits per heavy atom. The van der Waals surface area contributed by atoms with Crippen LogP contribution < -0.4 is 23.7 Å². The second kappa shape index (κ2) is 7.44. The molecule has 0 N–H and O–H groups in total. The van der Waals surface area contributed by atoms with Crippen LogP contribution in [0, 0.1) is 0 Å². The van der Waals surface area contributed by atoms with E-state index in [1.807, 2.05) is 32.1 Å². The van der Waals surface area contributed by atoms with Crippen LogP contribution in [-0.4, -0.2) is 39.3 Å². The molecule has 2 heterocycles. The van der Waals surface area contributed by atoms with Crippen molar-refractivity contribution in [3.8, 4) is 28.7 Å². The third-order valence-electron chi connectivity index (χ3n) is 5.18. The molecule has 0 fully saturated rings. The minimum atomic E-state index is -0.415. The maximum Gasteiger partial charge on any atom is 0.197 e. The third kappa shape index (κ3) is 3.28. The molecule has 0 bridgehead atoms. The summed E-state index contributed by atoms with van der Waals surface area (Å²) in [4.78, 5) is 13.6. The Bertz CT molecular complexity index is 1080. The van der Waals surface area contributed by atoms with Gasteiger partial charge in [-0.25, -0.2) is 0 Å². The first-order chi connectivity index (χ1) is 14.4. The molecule has 2 aromatic carbocycles. The Morgan fingerprint density at radius 2 is 1.73 bits per heavy atom. The lowest BCUT2D eigenvalue weighted by Gasteiger charge is -2.29. The Labute approximate surface area is 175 Å². The molecule has 0 unspecified atom stereocenters. The summed E-state index contributed by atoms with van der Waals surface area (Å²) in [6.45, 7) is 4.24. The molecule has 156 valence electrons. The van der Waals surface area contributed by atoms with Gasteiger partial charge in [0.2, 0.25) is 0 Å². The summed E-state index contributed by atoms with van der Waals surface area (Å²) in [6, 6.07) is 7.04. The Morgan fingerprint density at radius 1 is 1.00 bits per heavy atom. The second-order valence-electron chi connectivity index (χ2n) is 7.56. The smallest absolute Gasteiger partial charge is 0.197 e. The molecule has 0 saturated carbocycles. The highest BCUT2D eigenvalue weighted by atomic mass is 16.5. The summed E-state index contributed by atoms with van der Waals surface area (Å²) in [5, 5.41) is 0. The molecule has 30 heavy (non-hydrogen) atoms. The van der Waals surface area contributed by atoms with Gasteiger partial charge in [0.05, 0.1) is 32.5 Å². The van der Waals surface area contributed by atoms with Gasteiger partial charge in [0, 0.05) is 17.2 Å². The average Bonchev–Trinajstić information content (AvgIpc) is 2.75. The van der Waals surface area contributed by atoms with Crippen molar-refractivity contribution in [2.45, 2.75) is 19.4 Å². The number of fused-ring (bicyclic) bond motifs is 2. The molecule has 0 atom stereocenters. The quantitative estimate of drug-likeness (QED) is 0.676. The number of rotatable bonds is 5. The van der Waals surface area contributed by atoms with E-state index in [2.05, 4.69) is 0 Å². The van der Waals surface area contributed by atoms with E-state index in [4.69, 9.17) is 23.7 Å². The van der Waals surface area contributed by atoms with E-state index >= 15 is 0 Å². The monoisotopic (exact) mass is 408 g/mol. The fourth-order valence-electron chi connectivity index (χ4n) is 3.70. The van der Waals surface area contributed by atoms with Gasteiger partial charge in [0.1, 0.15) is 29.5 Å². The number of hydrogen-bond donors (Lipinski definition) is 0. The van der Waals surface area contributed by atoms with Crippen molar-refractivity contribution in [3.05, 3.63) is 53.1 Å². The van der Waals surface area contributed by atoms with Crippen LogP contribution in [0.1, 0.15) is 35.3 Å². The van der Waals surface area contributed by atoms with Crippen LogP contribution >= 0.6 is 0 Å². The highest BCUT2D eigenvalue weighted by Gasteiger charge is 2.30. The van der Waals surface area contributed by atoms with Crippen LogP contribution in [0.15, 0.2) is 36.4 Å². The number of carbonyl (C=O) groups is 1. The van der Waals surface area contributed by atoms with Gasteiger partial charge in [-0.1, -0.05) is 0 Å². The first-order valence-electron chi connectivity index (χ1n) is 9.62. The fourth-order valence-corrected chi connectivity index (χ4v) is 3.70. The Balaban J connectivity index is 1.79. The number of Topliss-reactive ketones (excluding diaryl/α,β-unsaturated/α-hetero) is 1. The molecule has 2 aromatic rings. The molecular formula is C24H24O6. The van der Waals surface area contributed by atoms with Gasteiger partial charge in [-0.15, -0.1) is 0 Å². The van der Waals surface area contributed by atoms with E-state index in [9.17, 15) is 4.79 Å². The number of ether oxygens (including phenoxy) is 5. The number of allylic oxidation sites excluding steroid dienone is 1. The normalized spacial score (nSPS) is 15.7. The molecule has 4 rings (SSSR count). The van der Waals surface area contributed by atoms with Crippen LogP contribution in [0.4, 0.5) is 0 Å². The van der Waals surface area contributed by atoms with Crippen LogP contribution in [0.5, 0.6) is 28.7 Å². The Kier molecular flexibility index (Phi) is 4.94. The lowest BCUT2D eigenvalue weighted by molar-refractivity contribution is 0.105. The zero-order chi connectivity index (χ0) is 21.5. The van der Waals surface area contributed by atoms with Crippen LogP contribution in [0.25, 0.3) is 11.6 Å². The standard InChI is InChI=1S/C24H24O6/c1-24(2)10-8-15-18(30-24)7-6-16(23(15)28-5)22(25)14-9-11-29-19-13-21(27-4)20(26-3)12-17(14)19/h6-10,12-13H,11H2,1-5H3. The van der Waals surface area contributed by atoms with Crippen molar-refractivity contribution in [3.63, 3.8) is 0 Å². The molecular weight excluding hydrogens is 384 g/mol. The van der Waals surface area contributed by atoms with Gasteiger partial charge in [0.25, 0.3) is 0 Å². The van der Waals surface area contributed by atoms with Gasteiger partial charge in [-0.05, 0) is 50.3 Å². The van der Waals surface area contributed by atoms with Crippen LogP contribution in [0.2, 0.25) is 0 Å². The maximum absolute atomic E-state index is 13.6. The number of methoxy groups -OCH3 is 3. The number of benzene rings is 2. The summed E-state index contributed by atoms with van der Waals surface area (Å²) in [5.41, 5.74) is 1.97. The highest BCUT2D eigenvalue weighted by Crippen LogP contribution is 2.43. The third-order valence-corrected chi connectivity index (χ3v) is 5.18. The number of carbonyl (C=O) groups excluding carboxylic acids is 1. The summed E-state index contributed by atoms with van der Waals surface area (Å²) in [5.74, 6) is 2.64. The number of ketones is 1. The van der Waals surface area contributed by atoms with E-state index in [1.165, 1.54) is 0 Å². The summed E-state index contributed by atoms with van der Waals surface area (Å²) >= 11 is 0. The molecule has 0 saturated heterocycles. The van der Waals surface area contributed by atoms with Crippen LogP contribution in [0.3, 0.4) is 0 Å². The summed E-state index contributed by atoms with van der Waals surface area (Å²) in [6.07, 6.45) is 5.66. The van der Waals surface area contributed by atoms with Crippen molar-refractivity contribution >= 4 is 17.4 Å². The zero-order valence-corrected chi connectivity index (χ0v) is 17.7. The van der Waals surface area contributed by atoms with Crippen molar-refractivity contribution in [1.82, 2.24) is 0 Å². The van der Waals surface area contributed by atoms with Gasteiger partial charge < -0.3 is 23.7 Å². The molecule has 0 spiro atoms. The van der Waals surface area contributed by atoms with Crippen molar-refractivity contribution in [2.75, 3.05) is 27.9 Å². The topological polar surface area (TPSA) is 63.2 Å². The van der Waals surface area contributed by atoms with Crippen LogP contribution in [-0.2, 0) is 0 Å². The van der Waals surface area contributed by atoms with Crippen molar-refractivity contribution in [1.29, 1.82) is 0 Å². The van der Waals surface area contributed by atoms with E-state index in [1.54, 1.807) is 45.6 Å². The zero-order valence-electron chi connectivity index (χ0n) is 17.7. The molecule has 0 radical (unpaired) electrons. The predicted molar refractivity (Wildman–Crippen MR) is 114 cm³/mol. The summed E-state index contributed by atoms with van der Waals surface area (Å²) < 4.78 is 28.1. The largest absolute Gasteiger partial charge is 0.495 e. The lowest BCUT2D eigenvalue weighted by Crippen LogP contribution is -2.27. The number of hydrogen-bond acceptors (Lipinski definition) is 6. The van der Waals surface area contributed by atoms with E-state index in [0.717, 1.165) is 5.56 Å². The van der Waals surface area contributed by atoms with Crippen molar-refractivity contribution in [2.24, 2.45) is 0 Å². The lowest BCUT2D eigenvalue weighted by atomic mass is 9.91. The molecule has 6 nitrogen and oxygen atoms in total. The Hall–Kier alpha value is -3.41. The highest BCUT2D eigenvalue weighted by molar-refractivity contribution is 6.31. The molecule has 2 aliphatic rings. The minimum Gasteiger partial charge on any atom is -0.495 e. The van der Waals surface area contributed by atoms with Gasteiger partial charge in [0.15, 0.2) is 17.3 Å². The van der Waals surface area contributed by atoms with E-state index < -0.39 is 5.60 Å². The van der Waals surface area contributed by atoms with Crippen molar-refractivity contribution < 1.29 is 28.5 Å². The predicted octanol–water partition coefficient (Wildman–Crippen LogP) is 4.56. The second-order valence-corrected chi connectivity index (χ2v) is 7.56. The van der Waals surface area contributed by atoms with E-state index in [0.29, 0.717) is 45.4 Å².